The minimum atomic E-state index is -0.555. The van der Waals surface area contributed by atoms with Crippen molar-refractivity contribution in [1.29, 1.82) is 0 Å². The van der Waals surface area contributed by atoms with Crippen molar-refractivity contribution in [3.8, 4) is 11.5 Å². The smallest absolute Gasteiger partial charge is 0.258 e. The molecule has 0 aliphatic heterocycles. The number of fused-ring (bicyclic) bond motifs is 3. The summed E-state index contributed by atoms with van der Waals surface area (Å²) < 4.78 is 36.2. The second-order valence-corrected chi connectivity index (χ2v) is 9.59. The number of aldehydes is 1. The molecule has 10 heteroatoms. The molecular weight excluding hydrogens is 501 g/mol. The van der Waals surface area contributed by atoms with Crippen LogP contribution in [-0.2, 0) is 9.59 Å². The number of hydrogen-bond donors (Lipinski definition) is 2. The number of rotatable bonds is 8. The van der Waals surface area contributed by atoms with Crippen molar-refractivity contribution in [2.45, 2.75) is 49.6 Å². The highest BCUT2D eigenvalue weighted by Gasteiger charge is 2.48. The van der Waals surface area contributed by atoms with Crippen molar-refractivity contribution >= 4 is 35.4 Å². The van der Waals surface area contributed by atoms with Crippen molar-refractivity contribution in [3.05, 3.63) is 58.1 Å². The van der Waals surface area contributed by atoms with E-state index in [-0.39, 0.29) is 40.2 Å². The summed E-state index contributed by atoms with van der Waals surface area (Å²) in [7, 11) is 2.02. The topological polar surface area (TPSA) is 76.7 Å². The van der Waals surface area contributed by atoms with E-state index in [1.54, 1.807) is 6.07 Å². The number of amides is 1. The third kappa shape index (κ3) is 7.29. The molecule has 3 saturated carbocycles. The minimum Gasteiger partial charge on any atom is -0.486 e. The minimum absolute atomic E-state index is 0.0356. The molecule has 0 heterocycles. The molecular formula is C25H28Cl2F2N2O4. The monoisotopic (exact) mass is 528 g/mol. The van der Waals surface area contributed by atoms with Crippen LogP contribution in [0.5, 0.6) is 11.5 Å². The molecule has 2 N–H and O–H groups in total. The third-order valence-electron chi connectivity index (χ3n) is 6.65. The van der Waals surface area contributed by atoms with Crippen LogP contribution in [0.1, 0.15) is 38.5 Å². The number of nitrogens with one attached hydrogen (secondary N) is 2. The molecule has 2 bridgehead atoms. The van der Waals surface area contributed by atoms with Crippen molar-refractivity contribution < 1.29 is 27.8 Å². The van der Waals surface area contributed by atoms with Crippen LogP contribution in [0.25, 0.3) is 0 Å². The lowest BCUT2D eigenvalue weighted by molar-refractivity contribution is -0.126. The van der Waals surface area contributed by atoms with Gasteiger partial charge in [-0.05, 0) is 69.8 Å². The van der Waals surface area contributed by atoms with E-state index in [4.69, 9.17) is 32.7 Å². The van der Waals surface area contributed by atoms with Gasteiger partial charge in [0.1, 0.15) is 29.7 Å². The van der Waals surface area contributed by atoms with Crippen molar-refractivity contribution in [2.24, 2.45) is 0 Å². The first-order chi connectivity index (χ1) is 16.7. The normalized spacial score (nSPS) is 22.5. The van der Waals surface area contributed by atoms with E-state index in [0.29, 0.717) is 17.8 Å². The van der Waals surface area contributed by atoms with Gasteiger partial charge in [0.05, 0.1) is 10.0 Å². The van der Waals surface area contributed by atoms with E-state index in [0.717, 1.165) is 44.6 Å². The first-order valence-corrected chi connectivity index (χ1v) is 12.0. The third-order valence-corrected chi connectivity index (χ3v) is 7.26. The molecule has 35 heavy (non-hydrogen) atoms. The fourth-order valence-corrected chi connectivity index (χ4v) is 4.73. The van der Waals surface area contributed by atoms with Crippen LogP contribution in [-0.4, -0.2) is 43.5 Å². The number of carbonyl (C=O) groups is 2. The highest BCUT2D eigenvalue weighted by molar-refractivity contribution is 6.31. The molecule has 3 fully saturated rings. The van der Waals surface area contributed by atoms with E-state index in [1.807, 2.05) is 7.05 Å². The summed E-state index contributed by atoms with van der Waals surface area (Å²) in [6.07, 6.45) is 6.85. The largest absolute Gasteiger partial charge is 0.486 e. The van der Waals surface area contributed by atoms with Crippen LogP contribution in [0.2, 0.25) is 10.0 Å². The van der Waals surface area contributed by atoms with Gasteiger partial charge in [-0.25, -0.2) is 8.78 Å². The number of carbonyl (C=O) groups excluding carboxylic acids is 2. The van der Waals surface area contributed by atoms with Crippen LogP contribution >= 0.6 is 23.2 Å². The van der Waals surface area contributed by atoms with Crippen LogP contribution in [0.3, 0.4) is 0 Å². The number of ether oxygens (including phenoxy) is 2. The van der Waals surface area contributed by atoms with Gasteiger partial charge in [-0.3, -0.25) is 9.59 Å². The van der Waals surface area contributed by atoms with Crippen LogP contribution in [0.15, 0.2) is 36.4 Å². The fourth-order valence-electron chi connectivity index (χ4n) is 4.49. The van der Waals surface area contributed by atoms with Gasteiger partial charge in [0.25, 0.3) is 5.91 Å². The van der Waals surface area contributed by atoms with Crippen molar-refractivity contribution in [3.63, 3.8) is 0 Å². The Morgan fingerprint density at radius 3 is 1.86 bits per heavy atom. The zero-order chi connectivity index (χ0) is 25.5. The van der Waals surface area contributed by atoms with E-state index in [2.05, 4.69) is 10.6 Å². The van der Waals surface area contributed by atoms with Crippen LogP contribution in [0, 0.1) is 11.6 Å². The molecule has 0 radical (unpaired) electrons. The molecule has 0 spiro atoms. The van der Waals surface area contributed by atoms with Gasteiger partial charge in [0, 0.05) is 23.2 Å². The Morgan fingerprint density at radius 1 is 0.914 bits per heavy atom. The van der Waals surface area contributed by atoms with Gasteiger partial charge >= 0.3 is 0 Å². The summed E-state index contributed by atoms with van der Waals surface area (Å²) in [6.45, 7) is -0.193. The van der Waals surface area contributed by atoms with Crippen LogP contribution in [0.4, 0.5) is 8.78 Å². The van der Waals surface area contributed by atoms with Crippen molar-refractivity contribution in [2.75, 3.05) is 20.3 Å². The summed E-state index contributed by atoms with van der Waals surface area (Å²) in [5.41, 5.74) is 0.175. The maximum Gasteiger partial charge on any atom is 0.258 e. The summed E-state index contributed by atoms with van der Waals surface area (Å²) >= 11 is 11.0. The second-order valence-electron chi connectivity index (χ2n) is 8.78. The number of benzene rings is 2. The molecule has 3 aliphatic carbocycles. The number of hydrogen-bond acceptors (Lipinski definition) is 5. The quantitative estimate of drug-likeness (QED) is 0.466. The van der Waals surface area contributed by atoms with Gasteiger partial charge in [-0.2, -0.15) is 0 Å². The zero-order valence-corrected chi connectivity index (χ0v) is 20.9. The molecule has 1 amide bonds. The molecule has 190 valence electrons. The van der Waals surface area contributed by atoms with Gasteiger partial charge in [-0.1, -0.05) is 23.2 Å². The molecule has 2 aromatic carbocycles. The van der Waals surface area contributed by atoms with Crippen molar-refractivity contribution in [1.82, 2.24) is 10.6 Å². The summed E-state index contributed by atoms with van der Waals surface area (Å²) in [5.74, 6) is -0.657. The first kappa shape index (κ1) is 27.2. The molecule has 5 rings (SSSR count). The summed E-state index contributed by atoms with van der Waals surface area (Å²) in [5, 5.41) is 6.67. The Morgan fingerprint density at radius 2 is 1.40 bits per heavy atom. The summed E-state index contributed by atoms with van der Waals surface area (Å²) in [4.78, 5) is 22.1. The lowest BCUT2D eigenvalue weighted by atomic mass is 9.61. The maximum absolute atomic E-state index is 13.3. The highest BCUT2D eigenvalue weighted by atomic mass is 35.5. The Hall–Kier alpha value is -2.42. The average Bonchev–Trinajstić information content (AvgIpc) is 2.87. The molecule has 0 unspecified atom stereocenters. The zero-order valence-electron chi connectivity index (χ0n) is 19.3. The Kier molecular flexibility index (Phi) is 9.33. The highest BCUT2D eigenvalue weighted by Crippen LogP contribution is 2.46. The second kappa shape index (κ2) is 12.0. The lowest BCUT2D eigenvalue weighted by Crippen LogP contribution is -2.62. The lowest BCUT2D eigenvalue weighted by Gasteiger charge is -2.53. The molecule has 2 aromatic rings. The van der Waals surface area contributed by atoms with E-state index in [9.17, 15) is 18.4 Å². The summed E-state index contributed by atoms with van der Waals surface area (Å²) in [6, 6.07) is 8.16. The molecule has 0 atom stereocenters. The maximum atomic E-state index is 13.3. The Balaban J connectivity index is 0.000000241. The molecule has 0 aromatic heterocycles. The Bertz CT molecular complexity index is 1030. The van der Waals surface area contributed by atoms with Gasteiger partial charge in [0.15, 0.2) is 12.9 Å². The van der Waals surface area contributed by atoms with E-state index >= 15 is 0 Å². The van der Waals surface area contributed by atoms with Gasteiger partial charge < -0.3 is 20.1 Å². The van der Waals surface area contributed by atoms with Gasteiger partial charge in [0.2, 0.25) is 0 Å². The first-order valence-electron chi connectivity index (χ1n) is 11.3. The SMILES string of the molecule is CNC12CCC(NC(=O)COc3ccc(Cl)c(F)c3)(CC1)CC2.O=CCOc1ccc(Cl)c(F)c1. The Labute approximate surface area is 213 Å². The standard InChI is InChI=1S/C17H22ClFN2O2.C8H6ClFO2/c1-20-16-4-7-17(8-5-16,9-6-16)21-15(22)11-23-12-2-3-13(18)14(19)10-12;9-7-2-1-6(5-8(7)10)12-4-3-11/h2-3,10,20H,4-9,11H2,1H3,(H,21,22);1-3,5H,4H2. The predicted octanol–water partition coefficient (Wildman–Crippen LogP) is 5.10. The van der Waals surface area contributed by atoms with Crippen LogP contribution < -0.4 is 20.1 Å². The molecule has 0 saturated heterocycles. The fraction of sp³-hybridized carbons (Fsp3) is 0.440. The van der Waals surface area contributed by atoms with Gasteiger partial charge in [-0.15, -0.1) is 0 Å². The molecule has 6 nitrogen and oxygen atoms in total. The van der Waals surface area contributed by atoms with E-state index in [1.165, 1.54) is 24.3 Å². The predicted molar refractivity (Wildman–Crippen MR) is 130 cm³/mol. The molecule has 3 aliphatic rings. The van der Waals surface area contributed by atoms with E-state index < -0.39 is 11.6 Å². The number of halogens is 4. The average molecular weight is 529 g/mol.